The van der Waals surface area contributed by atoms with E-state index in [4.69, 9.17) is 4.43 Å². The molecule has 0 aromatic rings. The second-order valence-electron chi connectivity index (χ2n) is 4.96. The maximum absolute atomic E-state index is 11.6. The van der Waals surface area contributed by atoms with Crippen molar-refractivity contribution in [2.24, 2.45) is 5.92 Å². The van der Waals surface area contributed by atoms with Gasteiger partial charge in [-0.1, -0.05) is 33.1 Å². The van der Waals surface area contributed by atoms with Crippen molar-refractivity contribution < 1.29 is 9.22 Å². The van der Waals surface area contributed by atoms with E-state index in [1.54, 1.807) is 0 Å². The number of rotatable bonds is 12. The van der Waals surface area contributed by atoms with Crippen LogP contribution in [0.1, 0.15) is 52.9 Å². The van der Waals surface area contributed by atoms with E-state index in [0.717, 1.165) is 38.6 Å². The molecule has 0 aromatic heterocycles. The first-order chi connectivity index (χ1) is 9.24. The maximum Gasteiger partial charge on any atom is 0.314 e. The molecule has 0 bridgehead atoms. The summed E-state index contributed by atoms with van der Waals surface area (Å²) >= 11 is 0. The number of unbranched alkanes of at least 4 members (excludes halogenated alkanes) is 1. The summed E-state index contributed by atoms with van der Waals surface area (Å²) in [6.07, 6.45) is 5.87. The molecule has 0 saturated carbocycles. The molecular weight excluding hydrogens is 256 g/mol. The van der Waals surface area contributed by atoms with Crippen LogP contribution in [-0.4, -0.2) is 35.5 Å². The van der Waals surface area contributed by atoms with Crippen LogP contribution in [0.4, 0.5) is 4.79 Å². The molecule has 0 aromatic carbocycles. The first kappa shape index (κ1) is 18.4. The minimum absolute atomic E-state index is 0.0203. The van der Waals surface area contributed by atoms with E-state index in [0.29, 0.717) is 5.92 Å². The third-order valence-corrected chi connectivity index (χ3v) is 4.79. The number of nitrogens with one attached hydrogen (secondary N) is 2. The van der Waals surface area contributed by atoms with Gasteiger partial charge in [-0.05, 0) is 31.7 Å². The van der Waals surface area contributed by atoms with Crippen LogP contribution in [0, 0.1) is 5.92 Å². The average Bonchev–Trinajstić information content (AvgIpc) is 2.43. The van der Waals surface area contributed by atoms with Crippen LogP contribution < -0.4 is 10.6 Å². The standard InChI is InChI=1S/C14H32N2O2Si/c1-4-7-9-13(5-2)12-16-14(17)15-10-8-11-19-18-6-3/h13H,4-12,19H2,1-3H3,(H2,15,16,17). The van der Waals surface area contributed by atoms with Gasteiger partial charge in [-0.2, -0.15) is 0 Å². The van der Waals surface area contributed by atoms with Gasteiger partial charge in [0.1, 0.15) is 0 Å². The van der Waals surface area contributed by atoms with E-state index < -0.39 is 0 Å². The Hall–Kier alpha value is -0.553. The predicted octanol–water partition coefficient (Wildman–Crippen LogP) is 2.43. The fourth-order valence-corrected chi connectivity index (χ4v) is 2.87. The van der Waals surface area contributed by atoms with E-state index in [9.17, 15) is 4.79 Å². The smallest absolute Gasteiger partial charge is 0.314 e. The Morgan fingerprint density at radius 2 is 2.00 bits per heavy atom. The van der Waals surface area contributed by atoms with Crippen LogP contribution in [0.15, 0.2) is 0 Å². The van der Waals surface area contributed by atoms with E-state index in [-0.39, 0.29) is 15.8 Å². The zero-order valence-electron chi connectivity index (χ0n) is 13.0. The van der Waals surface area contributed by atoms with E-state index in [2.05, 4.69) is 24.5 Å². The summed E-state index contributed by atoms with van der Waals surface area (Å²) < 4.78 is 5.38. The summed E-state index contributed by atoms with van der Waals surface area (Å²) in [5, 5.41) is 5.89. The van der Waals surface area contributed by atoms with Gasteiger partial charge in [0, 0.05) is 19.7 Å². The molecule has 0 spiro atoms. The number of amides is 2. The van der Waals surface area contributed by atoms with E-state index >= 15 is 0 Å². The summed E-state index contributed by atoms with van der Waals surface area (Å²) in [5.74, 6) is 0.621. The lowest BCUT2D eigenvalue weighted by Crippen LogP contribution is -2.38. The van der Waals surface area contributed by atoms with Crippen molar-refractivity contribution in [2.75, 3.05) is 19.7 Å². The molecule has 0 aliphatic carbocycles. The lowest BCUT2D eigenvalue weighted by Gasteiger charge is -2.15. The number of hydrogen-bond acceptors (Lipinski definition) is 2. The lowest BCUT2D eigenvalue weighted by molar-refractivity contribution is 0.238. The highest BCUT2D eigenvalue weighted by Crippen LogP contribution is 2.10. The second-order valence-corrected chi connectivity index (χ2v) is 6.48. The number of hydrogen-bond donors (Lipinski definition) is 2. The monoisotopic (exact) mass is 288 g/mol. The van der Waals surface area contributed by atoms with Crippen molar-refractivity contribution in [1.82, 2.24) is 10.6 Å². The Morgan fingerprint density at radius 3 is 2.63 bits per heavy atom. The zero-order valence-corrected chi connectivity index (χ0v) is 14.4. The van der Waals surface area contributed by atoms with Gasteiger partial charge in [0.05, 0.1) is 0 Å². The first-order valence-corrected chi connectivity index (χ1v) is 9.41. The number of urea groups is 1. The zero-order chi connectivity index (χ0) is 14.3. The highest BCUT2D eigenvalue weighted by Gasteiger charge is 2.07. The van der Waals surface area contributed by atoms with Crippen molar-refractivity contribution in [1.29, 1.82) is 0 Å². The van der Waals surface area contributed by atoms with Crippen LogP contribution >= 0.6 is 0 Å². The van der Waals surface area contributed by atoms with Gasteiger partial charge < -0.3 is 15.1 Å². The van der Waals surface area contributed by atoms with Crippen LogP contribution in [0.5, 0.6) is 0 Å². The van der Waals surface area contributed by atoms with Gasteiger partial charge in [0.25, 0.3) is 0 Å². The molecule has 4 nitrogen and oxygen atoms in total. The van der Waals surface area contributed by atoms with Crippen molar-refractivity contribution >= 4 is 15.8 Å². The van der Waals surface area contributed by atoms with Crippen LogP contribution in [0.3, 0.4) is 0 Å². The molecule has 0 heterocycles. The first-order valence-electron chi connectivity index (χ1n) is 7.83. The predicted molar refractivity (Wildman–Crippen MR) is 84.3 cm³/mol. The van der Waals surface area contributed by atoms with Crippen molar-refractivity contribution in [3.63, 3.8) is 0 Å². The fourth-order valence-electron chi connectivity index (χ4n) is 1.92. The second kappa shape index (κ2) is 13.9. The van der Waals surface area contributed by atoms with Crippen molar-refractivity contribution in [2.45, 2.75) is 58.9 Å². The van der Waals surface area contributed by atoms with E-state index in [1.165, 1.54) is 19.3 Å². The molecule has 19 heavy (non-hydrogen) atoms. The average molecular weight is 289 g/mol. The molecule has 0 aliphatic rings. The Kier molecular flexibility index (Phi) is 13.5. The largest absolute Gasteiger partial charge is 0.424 e. The highest BCUT2D eigenvalue weighted by atomic mass is 28.2. The Labute approximate surface area is 121 Å². The summed E-state index contributed by atoms with van der Waals surface area (Å²) in [7, 11) is -0.343. The van der Waals surface area contributed by atoms with Gasteiger partial charge in [-0.3, -0.25) is 0 Å². The SMILES string of the molecule is CCCCC(CC)CNC(=O)NCCC[SiH2]OCC. The van der Waals surface area contributed by atoms with E-state index in [1.807, 2.05) is 6.92 Å². The molecule has 2 amide bonds. The quantitative estimate of drug-likeness (QED) is 0.428. The van der Waals surface area contributed by atoms with Crippen LogP contribution in [-0.2, 0) is 4.43 Å². The topological polar surface area (TPSA) is 50.4 Å². The molecule has 2 N–H and O–H groups in total. The molecule has 5 heteroatoms. The molecule has 1 unspecified atom stereocenters. The molecule has 0 fully saturated rings. The minimum atomic E-state index is -0.343. The third kappa shape index (κ3) is 12.2. The molecule has 0 rings (SSSR count). The molecule has 1 atom stereocenters. The Morgan fingerprint density at radius 1 is 1.21 bits per heavy atom. The van der Waals surface area contributed by atoms with Gasteiger partial charge in [-0.25, -0.2) is 4.79 Å². The summed E-state index contributed by atoms with van der Waals surface area (Å²) in [4.78, 5) is 11.6. The van der Waals surface area contributed by atoms with Crippen LogP contribution in [0.25, 0.3) is 0 Å². The third-order valence-electron chi connectivity index (χ3n) is 3.30. The lowest BCUT2D eigenvalue weighted by atomic mass is 9.99. The fraction of sp³-hybridized carbons (Fsp3) is 0.929. The van der Waals surface area contributed by atoms with Gasteiger partial charge in [-0.15, -0.1) is 0 Å². The normalized spacial score (nSPS) is 12.8. The van der Waals surface area contributed by atoms with Crippen molar-refractivity contribution in [3.05, 3.63) is 0 Å². The summed E-state index contributed by atoms with van der Waals surface area (Å²) in [5.41, 5.74) is 0. The summed E-state index contributed by atoms with van der Waals surface area (Å²) in [6.45, 7) is 8.82. The van der Waals surface area contributed by atoms with Gasteiger partial charge >= 0.3 is 6.03 Å². The van der Waals surface area contributed by atoms with Crippen LogP contribution in [0.2, 0.25) is 6.04 Å². The molecular formula is C14H32N2O2Si. The highest BCUT2D eigenvalue weighted by molar-refractivity contribution is 6.26. The van der Waals surface area contributed by atoms with Gasteiger partial charge in [0.15, 0.2) is 9.76 Å². The molecule has 0 aliphatic heterocycles. The Balaban J connectivity index is 3.46. The number of carbonyl (C=O) groups excluding carboxylic acids is 1. The maximum atomic E-state index is 11.6. The van der Waals surface area contributed by atoms with Gasteiger partial charge in [0.2, 0.25) is 0 Å². The summed E-state index contributed by atoms with van der Waals surface area (Å²) in [6, 6.07) is 1.12. The minimum Gasteiger partial charge on any atom is -0.424 e. The molecule has 0 radical (unpaired) electrons. The Bertz CT molecular complexity index is 216. The number of carbonyl (C=O) groups is 1. The molecule has 114 valence electrons. The van der Waals surface area contributed by atoms with Crippen molar-refractivity contribution in [3.8, 4) is 0 Å². The molecule has 0 saturated heterocycles.